The Kier molecular flexibility index (Phi) is 5.58. The molecule has 134 valence electrons. The van der Waals surface area contributed by atoms with Crippen molar-refractivity contribution in [3.63, 3.8) is 0 Å². The molecule has 2 rings (SSSR count). The van der Waals surface area contributed by atoms with Crippen molar-refractivity contribution in [2.24, 2.45) is 0 Å². The van der Waals surface area contributed by atoms with Gasteiger partial charge in [-0.25, -0.2) is 13.2 Å². The first-order valence-corrected chi connectivity index (χ1v) is 9.16. The van der Waals surface area contributed by atoms with Crippen molar-refractivity contribution in [1.29, 1.82) is 0 Å². The highest BCUT2D eigenvalue weighted by atomic mass is 32.2. The molecule has 1 unspecified atom stereocenters. The van der Waals surface area contributed by atoms with E-state index in [1.54, 1.807) is 6.92 Å². The predicted octanol–water partition coefficient (Wildman–Crippen LogP) is 1.96. The zero-order valence-corrected chi connectivity index (χ0v) is 14.8. The second-order valence-corrected chi connectivity index (χ2v) is 7.52. The van der Waals surface area contributed by atoms with E-state index in [1.165, 1.54) is 44.2 Å². The molecule has 0 saturated carbocycles. The SMILES string of the molecule is CCS(=O)(=O)c1ccccc1C(=O)OC(C)C(=O)Nc1cc(C)no1. The highest BCUT2D eigenvalue weighted by molar-refractivity contribution is 7.91. The lowest BCUT2D eigenvalue weighted by Gasteiger charge is -2.14. The van der Waals surface area contributed by atoms with Crippen LogP contribution >= 0.6 is 0 Å². The van der Waals surface area contributed by atoms with Crippen LogP contribution < -0.4 is 5.32 Å². The number of carbonyl (C=O) groups excluding carboxylic acids is 2. The second-order valence-electron chi connectivity index (χ2n) is 5.27. The highest BCUT2D eigenvalue weighted by Gasteiger charge is 2.25. The average molecular weight is 366 g/mol. The standard InChI is InChI=1S/C16H18N2O6S/c1-4-25(21,22)13-8-6-5-7-12(13)16(20)23-11(3)15(19)17-14-9-10(2)18-24-14/h5-9,11H,4H2,1-3H3,(H,17,19). The van der Waals surface area contributed by atoms with Crippen molar-refractivity contribution in [3.05, 3.63) is 41.6 Å². The van der Waals surface area contributed by atoms with Crippen molar-refractivity contribution < 1.29 is 27.3 Å². The number of ether oxygens (including phenoxy) is 1. The molecule has 1 atom stereocenters. The third kappa shape index (κ3) is 4.44. The molecule has 0 aliphatic heterocycles. The topological polar surface area (TPSA) is 116 Å². The largest absolute Gasteiger partial charge is 0.449 e. The van der Waals surface area contributed by atoms with Crippen LogP contribution in [0.25, 0.3) is 0 Å². The van der Waals surface area contributed by atoms with Crippen LogP contribution in [0.2, 0.25) is 0 Å². The highest BCUT2D eigenvalue weighted by Crippen LogP contribution is 2.19. The Labute approximate surface area is 145 Å². The van der Waals surface area contributed by atoms with Gasteiger partial charge in [-0.15, -0.1) is 0 Å². The van der Waals surface area contributed by atoms with Gasteiger partial charge in [0.15, 0.2) is 15.9 Å². The Morgan fingerprint density at radius 3 is 2.60 bits per heavy atom. The number of esters is 1. The zero-order chi connectivity index (χ0) is 18.6. The van der Waals surface area contributed by atoms with Crippen molar-refractivity contribution in [3.8, 4) is 0 Å². The number of anilines is 1. The van der Waals surface area contributed by atoms with Crippen molar-refractivity contribution in [2.75, 3.05) is 11.1 Å². The number of carbonyl (C=O) groups is 2. The number of amides is 1. The van der Waals surface area contributed by atoms with Crippen molar-refractivity contribution in [2.45, 2.75) is 31.8 Å². The molecule has 0 spiro atoms. The Hall–Kier alpha value is -2.68. The van der Waals surface area contributed by atoms with E-state index in [1.807, 2.05) is 0 Å². The van der Waals surface area contributed by atoms with Gasteiger partial charge in [0.05, 0.1) is 21.9 Å². The summed E-state index contributed by atoms with van der Waals surface area (Å²) in [6, 6.07) is 7.22. The second kappa shape index (κ2) is 7.47. The maximum atomic E-state index is 12.3. The third-order valence-corrected chi connectivity index (χ3v) is 5.14. The number of aromatic nitrogens is 1. The summed E-state index contributed by atoms with van der Waals surface area (Å²) in [7, 11) is -3.60. The fourth-order valence-corrected chi connectivity index (χ4v) is 3.07. The van der Waals surface area contributed by atoms with Crippen molar-refractivity contribution in [1.82, 2.24) is 5.16 Å². The minimum atomic E-state index is -3.60. The van der Waals surface area contributed by atoms with Gasteiger partial charge in [-0.2, -0.15) is 0 Å². The summed E-state index contributed by atoms with van der Waals surface area (Å²) in [4.78, 5) is 24.2. The van der Waals surface area contributed by atoms with Gasteiger partial charge in [0.25, 0.3) is 5.91 Å². The fraction of sp³-hybridized carbons (Fsp3) is 0.312. The first kappa shape index (κ1) is 18.7. The maximum Gasteiger partial charge on any atom is 0.340 e. The molecule has 1 aromatic carbocycles. The Bertz CT molecular complexity index is 888. The van der Waals surface area contributed by atoms with E-state index in [4.69, 9.17) is 9.26 Å². The van der Waals surface area contributed by atoms with E-state index in [2.05, 4.69) is 10.5 Å². The normalized spacial score (nSPS) is 12.4. The summed E-state index contributed by atoms with van der Waals surface area (Å²) in [6.07, 6.45) is -1.16. The lowest BCUT2D eigenvalue weighted by Crippen LogP contribution is -2.30. The van der Waals surface area contributed by atoms with Crippen LogP contribution in [0.3, 0.4) is 0 Å². The minimum Gasteiger partial charge on any atom is -0.449 e. The smallest absolute Gasteiger partial charge is 0.340 e. The molecule has 1 heterocycles. The molecular formula is C16H18N2O6S. The monoisotopic (exact) mass is 366 g/mol. The van der Waals surface area contributed by atoms with E-state index < -0.39 is 27.8 Å². The summed E-state index contributed by atoms with van der Waals surface area (Å²) in [5.41, 5.74) is 0.471. The molecule has 1 N–H and O–H groups in total. The van der Waals surface area contributed by atoms with Gasteiger partial charge in [0.2, 0.25) is 5.88 Å². The molecule has 2 aromatic rings. The average Bonchev–Trinajstić information content (AvgIpc) is 2.99. The summed E-state index contributed by atoms with van der Waals surface area (Å²) < 4.78 is 34.1. The van der Waals surface area contributed by atoms with Gasteiger partial charge in [-0.05, 0) is 26.0 Å². The van der Waals surface area contributed by atoms with Crippen LogP contribution in [0.1, 0.15) is 29.9 Å². The van der Waals surface area contributed by atoms with E-state index >= 15 is 0 Å². The molecule has 0 saturated heterocycles. The van der Waals surface area contributed by atoms with Gasteiger partial charge in [-0.1, -0.05) is 24.2 Å². The molecular weight excluding hydrogens is 348 g/mol. The minimum absolute atomic E-state index is 0.112. The molecule has 1 aromatic heterocycles. The van der Waals surface area contributed by atoms with Crippen LogP contribution in [0.5, 0.6) is 0 Å². The van der Waals surface area contributed by atoms with Gasteiger partial charge >= 0.3 is 5.97 Å². The van der Waals surface area contributed by atoms with E-state index in [9.17, 15) is 18.0 Å². The lowest BCUT2D eigenvalue weighted by molar-refractivity contribution is -0.123. The summed E-state index contributed by atoms with van der Waals surface area (Å²) in [5.74, 6) is -1.55. The van der Waals surface area contributed by atoms with Crippen LogP contribution in [0.4, 0.5) is 5.88 Å². The summed E-state index contributed by atoms with van der Waals surface area (Å²) >= 11 is 0. The molecule has 0 fully saturated rings. The first-order chi connectivity index (χ1) is 11.7. The van der Waals surface area contributed by atoms with E-state index in [-0.39, 0.29) is 22.1 Å². The number of rotatable bonds is 6. The van der Waals surface area contributed by atoms with Gasteiger partial charge in [0, 0.05) is 6.07 Å². The number of hydrogen-bond donors (Lipinski definition) is 1. The van der Waals surface area contributed by atoms with Crippen LogP contribution in [0.15, 0.2) is 39.8 Å². The number of benzene rings is 1. The quantitative estimate of drug-likeness (QED) is 0.777. The maximum absolute atomic E-state index is 12.3. The molecule has 9 heteroatoms. The van der Waals surface area contributed by atoms with Crippen LogP contribution in [-0.2, 0) is 19.4 Å². The number of sulfone groups is 1. The molecule has 0 bridgehead atoms. The molecule has 0 aliphatic rings. The summed E-state index contributed by atoms with van der Waals surface area (Å²) in [6.45, 7) is 4.54. The van der Waals surface area contributed by atoms with Gasteiger partial charge in [-0.3, -0.25) is 10.1 Å². The third-order valence-electron chi connectivity index (χ3n) is 3.35. The van der Waals surface area contributed by atoms with Crippen molar-refractivity contribution >= 4 is 27.6 Å². The molecule has 0 aliphatic carbocycles. The Balaban J connectivity index is 2.13. The predicted molar refractivity (Wildman–Crippen MR) is 88.9 cm³/mol. The zero-order valence-electron chi connectivity index (χ0n) is 14.0. The molecule has 8 nitrogen and oxygen atoms in total. The Morgan fingerprint density at radius 2 is 2.00 bits per heavy atom. The van der Waals surface area contributed by atoms with E-state index in [0.717, 1.165) is 0 Å². The van der Waals surface area contributed by atoms with E-state index in [0.29, 0.717) is 5.69 Å². The summed E-state index contributed by atoms with van der Waals surface area (Å²) in [5, 5.41) is 6.03. The van der Waals surface area contributed by atoms with Gasteiger partial charge < -0.3 is 9.26 Å². The fourth-order valence-electron chi connectivity index (χ4n) is 1.99. The first-order valence-electron chi connectivity index (χ1n) is 7.51. The van der Waals surface area contributed by atoms with Crippen LogP contribution in [-0.4, -0.2) is 37.3 Å². The molecule has 25 heavy (non-hydrogen) atoms. The van der Waals surface area contributed by atoms with Gasteiger partial charge in [0.1, 0.15) is 0 Å². The number of hydrogen-bond acceptors (Lipinski definition) is 7. The van der Waals surface area contributed by atoms with Crippen LogP contribution in [0, 0.1) is 6.92 Å². The lowest BCUT2D eigenvalue weighted by atomic mass is 10.2. The molecule has 1 amide bonds. The molecule has 0 radical (unpaired) electrons. The number of nitrogens with zero attached hydrogens (tertiary/aromatic N) is 1. The number of aryl methyl sites for hydroxylation is 1. The Morgan fingerprint density at radius 1 is 1.32 bits per heavy atom. The number of nitrogens with one attached hydrogen (secondary N) is 1.